The summed E-state index contributed by atoms with van der Waals surface area (Å²) in [5.74, 6) is -0.713. The van der Waals surface area contributed by atoms with Crippen molar-refractivity contribution in [2.45, 2.75) is 12.6 Å². The molecular weight excluding hydrogens is 333 g/mol. The number of halogens is 3. The molecule has 0 unspecified atom stereocenters. The van der Waals surface area contributed by atoms with E-state index in [0.717, 1.165) is 12.1 Å². The summed E-state index contributed by atoms with van der Waals surface area (Å²) < 4.78 is 37.4. The maximum absolute atomic E-state index is 12.5. The summed E-state index contributed by atoms with van der Waals surface area (Å²) in [6, 6.07) is 13.3. The lowest BCUT2D eigenvalue weighted by Gasteiger charge is -2.09. The number of rotatable bonds is 6. The smallest absolute Gasteiger partial charge is 0.354 e. The minimum absolute atomic E-state index is 0.166. The van der Waals surface area contributed by atoms with E-state index in [4.69, 9.17) is 0 Å². The first-order valence-corrected chi connectivity index (χ1v) is 7.62. The van der Waals surface area contributed by atoms with E-state index in [1.807, 2.05) is 0 Å². The first-order chi connectivity index (χ1) is 11.9. The van der Waals surface area contributed by atoms with E-state index < -0.39 is 11.7 Å². The molecule has 2 rings (SSSR count). The fourth-order valence-electron chi connectivity index (χ4n) is 2.12. The topological polar surface area (TPSA) is 58.2 Å². The van der Waals surface area contributed by atoms with Crippen molar-refractivity contribution in [3.63, 3.8) is 0 Å². The summed E-state index contributed by atoms with van der Waals surface area (Å²) in [6.07, 6.45) is -3.96. The van der Waals surface area contributed by atoms with Gasteiger partial charge in [0.2, 0.25) is 5.91 Å². The molecule has 2 aromatic rings. The van der Waals surface area contributed by atoms with Crippen molar-refractivity contribution >= 4 is 11.8 Å². The lowest BCUT2D eigenvalue weighted by Crippen LogP contribution is -2.37. The monoisotopic (exact) mass is 350 g/mol. The maximum atomic E-state index is 12.5. The van der Waals surface area contributed by atoms with Gasteiger partial charge in [-0.05, 0) is 36.2 Å². The highest BCUT2D eigenvalue weighted by molar-refractivity contribution is 5.96. The number of hydrogen-bond acceptors (Lipinski definition) is 2. The Labute approximate surface area is 143 Å². The van der Waals surface area contributed by atoms with Crippen LogP contribution in [-0.2, 0) is 17.4 Å². The number of benzene rings is 2. The van der Waals surface area contributed by atoms with Crippen LogP contribution in [0.2, 0.25) is 0 Å². The standard InChI is InChI=1S/C18H17F3N2O2/c19-18(20,21)15-8-6-13(7-9-15)10-11-22-16(24)12-23-17(25)14-4-2-1-3-5-14/h1-9H,10-12H2,(H,22,24)(H,23,25). The van der Waals surface area contributed by atoms with Crippen LogP contribution in [-0.4, -0.2) is 24.9 Å². The van der Waals surface area contributed by atoms with E-state index in [0.29, 0.717) is 17.5 Å². The van der Waals surface area contributed by atoms with Crippen molar-refractivity contribution in [1.82, 2.24) is 10.6 Å². The Kier molecular flexibility index (Phi) is 6.16. The van der Waals surface area contributed by atoms with Gasteiger partial charge < -0.3 is 10.6 Å². The molecule has 25 heavy (non-hydrogen) atoms. The van der Waals surface area contributed by atoms with Gasteiger partial charge in [0.05, 0.1) is 12.1 Å². The van der Waals surface area contributed by atoms with Crippen molar-refractivity contribution in [2.75, 3.05) is 13.1 Å². The molecule has 0 aliphatic heterocycles. The maximum Gasteiger partial charge on any atom is 0.416 e. The summed E-state index contributed by atoms with van der Waals surface area (Å²) in [5, 5.41) is 5.10. The summed E-state index contributed by atoms with van der Waals surface area (Å²) in [6.45, 7) is 0.103. The molecule has 0 spiro atoms. The Morgan fingerprint density at radius 3 is 2.12 bits per heavy atom. The minimum atomic E-state index is -4.36. The highest BCUT2D eigenvalue weighted by Crippen LogP contribution is 2.29. The molecule has 0 atom stereocenters. The highest BCUT2D eigenvalue weighted by atomic mass is 19.4. The third-order valence-corrected chi connectivity index (χ3v) is 3.46. The molecule has 0 fully saturated rings. The molecular formula is C18H17F3N2O2. The normalized spacial score (nSPS) is 11.0. The third kappa shape index (κ3) is 5.95. The van der Waals surface area contributed by atoms with Gasteiger partial charge in [0.25, 0.3) is 5.91 Å². The molecule has 2 amide bonds. The minimum Gasteiger partial charge on any atom is -0.354 e. The molecule has 2 N–H and O–H groups in total. The van der Waals surface area contributed by atoms with Crippen LogP contribution in [0.25, 0.3) is 0 Å². The molecule has 0 saturated heterocycles. The van der Waals surface area contributed by atoms with Crippen molar-refractivity contribution < 1.29 is 22.8 Å². The second-order valence-corrected chi connectivity index (χ2v) is 5.34. The summed E-state index contributed by atoms with van der Waals surface area (Å²) in [7, 11) is 0. The van der Waals surface area contributed by atoms with Gasteiger partial charge in [-0.25, -0.2) is 0 Å². The summed E-state index contributed by atoms with van der Waals surface area (Å²) >= 11 is 0. The Morgan fingerprint density at radius 2 is 1.52 bits per heavy atom. The molecule has 0 aliphatic carbocycles. The zero-order valence-electron chi connectivity index (χ0n) is 13.3. The van der Waals surface area contributed by atoms with Crippen LogP contribution in [0.5, 0.6) is 0 Å². The van der Waals surface area contributed by atoms with E-state index in [1.54, 1.807) is 30.3 Å². The van der Waals surface area contributed by atoms with Gasteiger partial charge in [-0.15, -0.1) is 0 Å². The fraction of sp³-hybridized carbons (Fsp3) is 0.222. The highest BCUT2D eigenvalue weighted by Gasteiger charge is 2.29. The Morgan fingerprint density at radius 1 is 0.880 bits per heavy atom. The van der Waals surface area contributed by atoms with Crippen LogP contribution in [0.15, 0.2) is 54.6 Å². The molecule has 0 bridgehead atoms. The van der Waals surface area contributed by atoms with Gasteiger partial charge in [-0.2, -0.15) is 13.2 Å². The van der Waals surface area contributed by atoms with Gasteiger partial charge in [-0.1, -0.05) is 30.3 Å². The van der Waals surface area contributed by atoms with Crippen molar-refractivity contribution in [3.05, 3.63) is 71.3 Å². The lowest BCUT2D eigenvalue weighted by molar-refractivity contribution is -0.137. The van der Waals surface area contributed by atoms with Gasteiger partial charge in [-0.3, -0.25) is 9.59 Å². The first-order valence-electron chi connectivity index (χ1n) is 7.62. The molecule has 0 aliphatic rings. The molecule has 0 saturated carbocycles. The molecule has 0 heterocycles. The van der Waals surface area contributed by atoms with E-state index in [1.165, 1.54) is 12.1 Å². The Balaban J connectivity index is 1.71. The van der Waals surface area contributed by atoms with E-state index in [9.17, 15) is 22.8 Å². The predicted octanol–water partition coefficient (Wildman–Crippen LogP) is 2.79. The zero-order chi connectivity index (χ0) is 18.3. The van der Waals surface area contributed by atoms with Crippen LogP contribution < -0.4 is 10.6 Å². The van der Waals surface area contributed by atoms with Crippen molar-refractivity contribution in [3.8, 4) is 0 Å². The largest absolute Gasteiger partial charge is 0.416 e. The number of amides is 2. The predicted molar refractivity (Wildman–Crippen MR) is 86.9 cm³/mol. The number of alkyl halides is 3. The second-order valence-electron chi connectivity index (χ2n) is 5.34. The molecule has 0 aromatic heterocycles. The number of carbonyl (C=O) groups is 2. The molecule has 7 heteroatoms. The Bertz CT molecular complexity index is 713. The van der Waals surface area contributed by atoms with Crippen LogP contribution in [0.4, 0.5) is 13.2 Å². The number of nitrogens with one attached hydrogen (secondary N) is 2. The van der Waals surface area contributed by atoms with Crippen molar-refractivity contribution in [2.24, 2.45) is 0 Å². The van der Waals surface area contributed by atoms with Gasteiger partial charge in [0.15, 0.2) is 0 Å². The summed E-state index contributed by atoms with van der Waals surface area (Å²) in [4.78, 5) is 23.5. The first kappa shape index (κ1) is 18.5. The van der Waals surface area contributed by atoms with Gasteiger partial charge >= 0.3 is 6.18 Å². The average molecular weight is 350 g/mol. The van der Waals surface area contributed by atoms with E-state index in [-0.39, 0.29) is 24.9 Å². The zero-order valence-corrected chi connectivity index (χ0v) is 13.3. The van der Waals surface area contributed by atoms with Crippen LogP contribution in [0.1, 0.15) is 21.5 Å². The quantitative estimate of drug-likeness (QED) is 0.842. The SMILES string of the molecule is O=C(CNC(=O)c1ccccc1)NCCc1ccc(C(F)(F)F)cc1. The van der Waals surface area contributed by atoms with Gasteiger partial charge in [0.1, 0.15) is 0 Å². The summed E-state index contributed by atoms with van der Waals surface area (Å²) in [5.41, 5.74) is 0.436. The Hall–Kier alpha value is -2.83. The molecule has 0 radical (unpaired) electrons. The number of hydrogen-bond donors (Lipinski definition) is 2. The fourth-order valence-corrected chi connectivity index (χ4v) is 2.12. The van der Waals surface area contributed by atoms with E-state index >= 15 is 0 Å². The molecule has 2 aromatic carbocycles. The molecule has 4 nitrogen and oxygen atoms in total. The molecule has 132 valence electrons. The van der Waals surface area contributed by atoms with Gasteiger partial charge in [0, 0.05) is 12.1 Å². The van der Waals surface area contributed by atoms with Crippen LogP contribution in [0.3, 0.4) is 0 Å². The third-order valence-electron chi connectivity index (χ3n) is 3.46. The van der Waals surface area contributed by atoms with Crippen molar-refractivity contribution in [1.29, 1.82) is 0 Å². The van der Waals surface area contributed by atoms with Crippen LogP contribution in [0, 0.1) is 0 Å². The second kappa shape index (κ2) is 8.32. The van der Waals surface area contributed by atoms with Crippen LogP contribution >= 0.6 is 0 Å². The lowest BCUT2D eigenvalue weighted by atomic mass is 10.1. The average Bonchev–Trinajstić information content (AvgIpc) is 2.60. The number of carbonyl (C=O) groups excluding carboxylic acids is 2. The van der Waals surface area contributed by atoms with E-state index in [2.05, 4.69) is 10.6 Å².